The Balaban J connectivity index is 2.18. The van der Waals surface area contributed by atoms with E-state index in [9.17, 15) is 22.8 Å². The molecule has 1 heterocycles. The van der Waals surface area contributed by atoms with Crippen LogP contribution in [0.25, 0.3) is 10.9 Å². The fourth-order valence-corrected chi connectivity index (χ4v) is 1.78. The Morgan fingerprint density at radius 3 is 2.59 bits per heavy atom. The molecule has 1 amide bonds. The van der Waals surface area contributed by atoms with Gasteiger partial charge < -0.3 is 10.1 Å². The average molecular weight is 312 g/mol. The van der Waals surface area contributed by atoms with Crippen LogP contribution in [0.1, 0.15) is 16.1 Å². The van der Waals surface area contributed by atoms with E-state index in [1.807, 2.05) is 0 Å². The van der Waals surface area contributed by atoms with Crippen molar-refractivity contribution < 1.29 is 27.5 Å². The summed E-state index contributed by atoms with van der Waals surface area (Å²) < 4.78 is 40.8. The second-order valence-corrected chi connectivity index (χ2v) is 4.38. The molecule has 2 rings (SSSR count). The van der Waals surface area contributed by atoms with Gasteiger partial charge in [0.25, 0.3) is 0 Å². The van der Waals surface area contributed by atoms with Gasteiger partial charge in [0.1, 0.15) is 0 Å². The third-order valence-electron chi connectivity index (χ3n) is 2.86. The van der Waals surface area contributed by atoms with Crippen LogP contribution in [-0.4, -0.2) is 30.1 Å². The van der Waals surface area contributed by atoms with Crippen LogP contribution in [0.4, 0.5) is 13.2 Å². The Bertz CT molecular complexity index is 729. The number of ether oxygens (including phenoxy) is 1. The molecular formula is C14H11F3N2O3. The Morgan fingerprint density at radius 1 is 1.23 bits per heavy atom. The number of carbonyl (C=O) groups is 2. The number of benzene rings is 1. The molecule has 116 valence electrons. The quantitative estimate of drug-likeness (QED) is 0.882. The molecular weight excluding hydrogens is 301 g/mol. The number of esters is 1. The standard InChI is InChI=1S/C14H11F3N2O3/c1-22-12(20)9-3-5-11-8(6-9)2-4-10(19-11)7-18-13(21)14(15,16)17/h2-6H,7H2,1H3,(H,18,21). The van der Waals surface area contributed by atoms with Gasteiger partial charge in [-0.15, -0.1) is 0 Å². The lowest BCUT2D eigenvalue weighted by Crippen LogP contribution is -2.36. The maximum atomic E-state index is 12.1. The molecule has 0 spiro atoms. The Kier molecular flexibility index (Phi) is 4.30. The second-order valence-electron chi connectivity index (χ2n) is 4.38. The average Bonchev–Trinajstić information content (AvgIpc) is 2.50. The zero-order valence-electron chi connectivity index (χ0n) is 11.4. The molecule has 0 saturated carbocycles. The highest BCUT2D eigenvalue weighted by Crippen LogP contribution is 2.17. The van der Waals surface area contributed by atoms with E-state index in [1.54, 1.807) is 23.5 Å². The number of hydrogen-bond acceptors (Lipinski definition) is 4. The van der Waals surface area contributed by atoms with E-state index in [0.717, 1.165) is 0 Å². The molecule has 1 aromatic carbocycles. The zero-order valence-corrected chi connectivity index (χ0v) is 11.4. The minimum Gasteiger partial charge on any atom is -0.465 e. The van der Waals surface area contributed by atoms with Gasteiger partial charge in [-0.05, 0) is 24.3 Å². The maximum Gasteiger partial charge on any atom is 0.471 e. The molecule has 0 radical (unpaired) electrons. The van der Waals surface area contributed by atoms with Crippen LogP contribution in [0.15, 0.2) is 30.3 Å². The monoisotopic (exact) mass is 312 g/mol. The van der Waals surface area contributed by atoms with Gasteiger partial charge in [-0.2, -0.15) is 13.2 Å². The minimum atomic E-state index is -4.92. The summed E-state index contributed by atoms with van der Waals surface area (Å²) in [7, 11) is 1.26. The van der Waals surface area contributed by atoms with Crippen molar-refractivity contribution in [3.63, 3.8) is 0 Å². The molecule has 0 atom stereocenters. The first-order valence-corrected chi connectivity index (χ1v) is 6.14. The van der Waals surface area contributed by atoms with E-state index in [4.69, 9.17) is 0 Å². The van der Waals surface area contributed by atoms with Gasteiger partial charge >= 0.3 is 18.1 Å². The summed E-state index contributed by atoms with van der Waals surface area (Å²) in [4.78, 5) is 26.3. The zero-order chi connectivity index (χ0) is 16.3. The summed E-state index contributed by atoms with van der Waals surface area (Å²) in [5.41, 5.74) is 1.11. The van der Waals surface area contributed by atoms with Gasteiger partial charge in [-0.1, -0.05) is 6.07 Å². The van der Waals surface area contributed by atoms with Crippen molar-refractivity contribution in [2.45, 2.75) is 12.7 Å². The summed E-state index contributed by atoms with van der Waals surface area (Å²) in [6, 6.07) is 7.69. The third-order valence-corrected chi connectivity index (χ3v) is 2.86. The van der Waals surface area contributed by atoms with Gasteiger partial charge in [-0.25, -0.2) is 4.79 Å². The summed E-state index contributed by atoms with van der Waals surface area (Å²) >= 11 is 0. The number of pyridine rings is 1. The second kappa shape index (κ2) is 6.00. The molecule has 1 aromatic heterocycles. The molecule has 5 nitrogen and oxygen atoms in total. The summed E-state index contributed by atoms with van der Waals surface area (Å²) in [5, 5.41) is 2.37. The van der Waals surface area contributed by atoms with Crippen molar-refractivity contribution in [1.29, 1.82) is 0 Å². The van der Waals surface area contributed by atoms with Crippen LogP contribution < -0.4 is 5.32 Å². The topological polar surface area (TPSA) is 68.3 Å². The number of nitrogens with one attached hydrogen (secondary N) is 1. The van der Waals surface area contributed by atoms with Crippen molar-refractivity contribution in [3.8, 4) is 0 Å². The number of hydrogen-bond donors (Lipinski definition) is 1. The lowest BCUT2D eigenvalue weighted by Gasteiger charge is -2.08. The molecule has 0 aliphatic heterocycles. The number of methoxy groups -OCH3 is 1. The SMILES string of the molecule is COC(=O)c1ccc2nc(CNC(=O)C(F)(F)F)ccc2c1. The number of aromatic nitrogens is 1. The van der Waals surface area contributed by atoms with Gasteiger partial charge in [0.15, 0.2) is 0 Å². The highest BCUT2D eigenvalue weighted by molar-refractivity contribution is 5.94. The summed E-state index contributed by atoms with van der Waals surface area (Å²) in [6.45, 7) is -0.340. The first kappa shape index (κ1) is 15.7. The number of amides is 1. The van der Waals surface area contributed by atoms with Crippen LogP contribution in [0.2, 0.25) is 0 Å². The first-order valence-electron chi connectivity index (χ1n) is 6.14. The van der Waals surface area contributed by atoms with Crippen molar-refractivity contribution in [1.82, 2.24) is 10.3 Å². The largest absolute Gasteiger partial charge is 0.471 e. The molecule has 8 heteroatoms. The van der Waals surface area contributed by atoms with Gasteiger partial charge in [0, 0.05) is 5.39 Å². The van der Waals surface area contributed by atoms with E-state index < -0.39 is 18.1 Å². The predicted octanol–water partition coefficient (Wildman–Crippen LogP) is 2.20. The predicted molar refractivity (Wildman–Crippen MR) is 71.0 cm³/mol. The minimum absolute atomic E-state index is 0.274. The molecule has 0 aliphatic carbocycles. The number of alkyl halides is 3. The van der Waals surface area contributed by atoms with Crippen molar-refractivity contribution in [2.75, 3.05) is 7.11 Å². The number of fused-ring (bicyclic) bond motifs is 1. The Hall–Kier alpha value is -2.64. The van der Waals surface area contributed by atoms with E-state index in [1.165, 1.54) is 19.2 Å². The molecule has 0 aliphatic rings. The first-order chi connectivity index (χ1) is 10.3. The van der Waals surface area contributed by atoms with Crippen LogP contribution in [0.3, 0.4) is 0 Å². The molecule has 0 bridgehead atoms. The van der Waals surface area contributed by atoms with E-state index in [2.05, 4.69) is 9.72 Å². The van der Waals surface area contributed by atoms with Crippen LogP contribution in [0, 0.1) is 0 Å². The highest BCUT2D eigenvalue weighted by atomic mass is 19.4. The molecule has 2 aromatic rings. The number of carbonyl (C=O) groups excluding carboxylic acids is 2. The van der Waals surface area contributed by atoms with Gasteiger partial charge in [-0.3, -0.25) is 9.78 Å². The normalized spacial score (nSPS) is 11.3. The van der Waals surface area contributed by atoms with Crippen LogP contribution in [0.5, 0.6) is 0 Å². The van der Waals surface area contributed by atoms with Crippen molar-refractivity contribution in [2.24, 2.45) is 0 Å². The number of rotatable bonds is 3. The number of nitrogens with zero attached hydrogens (tertiary/aromatic N) is 1. The van der Waals surface area contributed by atoms with E-state index in [-0.39, 0.29) is 12.2 Å². The lowest BCUT2D eigenvalue weighted by atomic mass is 10.1. The molecule has 22 heavy (non-hydrogen) atoms. The molecule has 0 saturated heterocycles. The Labute approximate surface area is 123 Å². The van der Waals surface area contributed by atoms with Gasteiger partial charge in [0.05, 0.1) is 30.4 Å². The lowest BCUT2D eigenvalue weighted by molar-refractivity contribution is -0.173. The van der Waals surface area contributed by atoms with E-state index >= 15 is 0 Å². The molecule has 0 unspecified atom stereocenters. The van der Waals surface area contributed by atoms with Crippen LogP contribution in [-0.2, 0) is 16.1 Å². The fourth-order valence-electron chi connectivity index (χ4n) is 1.78. The van der Waals surface area contributed by atoms with Crippen molar-refractivity contribution >= 4 is 22.8 Å². The molecule has 0 fully saturated rings. The maximum absolute atomic E-state index is 12.1. The van der Waals surface area contributed by atoms with E-state index in [0.29, 0.717) is 16.5 Å². The number of halogens is 3. The molecule has 1 N–H and O–H groups in total. The summed E-state index contributed by atoms with van der Waals surface area (Å²) in [5.74, 6) is -2.51. The fraction of sp³-hybridized carbons (Fsp3) is 0.214. The summed E-state index contributed by atoms with van der Waals surface area (Å²) in [6.07, 6.45) is -4.92. The van der Waals surface area contributed by atoms with Crippen LogP contribution >= 0.6 is 0 Å². The van der Waals surface area contributed by atoms with Gasteiger partial charge in [0.2, 0.25) is 0 Å². The smallest absolute Gasteiger partial charge is 0.465 e. The Morgan fingerprint density at radius 2 is 1.95 bits per heavy atom. The third kappa shape index (κ3) is 3.51. The highest BCUT2D eigenvalue weighted by Gasteiger charge is 2.38. The van der Waals surface area contributed by atoms with Crippen molar-refractivity contribution in [3.05, 3.63) is 41.6 Å².